The van der Waals surface area contributed by atoms with E-state index >= 15 is 0 Å². The molecule has 0 aromatic heterocycles. The van der Waals surface area contributed by atoms with E-state index in [1.54, 1.807) is 43.0 Å². The van der Waals surface area contributed by atoms with Crippen LogP contribution in [0.4, 0.5) is 0 Å². The molecule has 0 unspecified atom stereocenters. The second-order valence-electron chi connectivity index (χ2n) is 5.19. The maximum Gasteiger partial charge on any atom is 0.260 e. The summed E-state index contributed by atoms with van der Waals surface area (Å²) in [5.74, 6) is 2.17. The third-order valence-electron chi connectivity index (χ3n) is 3.21. The Morgan fingerprint density at radius 2 is 1.92 bits per heavy atom. The highest BCUT2D eigenvalue weighted by atomic mass is 35.5. The highest BCUT2D eigenvalue weighted by Gasteiger charge is 2.14. The van der Waals surface area contributed by atoms with E-state index in [2.05, 4.69) is 5.32 Å². The van der Waals surface area contributed by atoms with Crippen LogP contribution in [0.5, 0.6) is 5.75 Å². The lowest BCUT2D eigenvalue weighted by Crippen LogP contribution is -2.37. The molecule has 128 valence electrons. The number of carbonyl (C=O) groups is 1. The predicted molar refractivity (Wildman–Crippen MR) is 102 cm³/mol. The number of rotatable bonds is 8. The molecule has 1 amide bonds. The fourth-order valence-electron chi connectivity index (χ4n) is 1.96. The van der Waals surface area contributed by atoms with Crippen LogP contribution in [0, 0.1) is 0 Å². The lowest BCUT2D eigenvalue weighted by atomic mass is 10.2. The van der Waals surface area contributed by atoms with Crippen molar-refractivity contribution in [3.05, 3.63) is 64.1 Å². The van der Waals surface area contributed by atoms with Gasteiger partial charge in [-0.1, -0.05) is 41.4 Å². The molecule has 0 aliphatic carbocycles. The minimum atomic E-state index is -0.565. The number of nitrogens with one attached hydrogen (secondary N) is 1. The molecule has 2 rings (SSSR count). The molecule has 24 heavy (non-hydrogen) atoms. The van der Waals surface area contributed by atoms with Crippen LogP contribution < -0.4 is 10.1 Å². The van der Waals surface area contributed by atoms with E-state index < -0.39 is 6.10 Å². The fraction of sp³-hybridized carbons (Fsp3) is 0.278. The smallest absolute Gasteiger partial charge is 0.260 e. The number of carbonyl (C=O) groups excluding carboxylic acids is 1. The average molecular weight is 384 g/mol. The van der Waals surface area contributed by atoms with Crippen molar-refractivity contribution < 1.29 is 9.53 Å². The van der Waals surface area contributed by atoms with Crippen molar-refractivity contribution in [2.24, 2.45) is 0 Å². The van der Waals surface area contributed by atoms with E-state index in [0.29, 0.717) is 17.3 Å². The number of hydrogen-bond acceptors (Lipinski definition) is 3. The monoisotopic (exact) mass is 383 g/mol. The van der Waals surface area contributed by atoms with Gasteiger partial charge < -0.3 is 10.1 Å². The summed E-state index contributed by atoms with van der Waals surface area (Å²) in [7, 11) is 0. The number of amides is 1. The summed E-state index contributed by atoms with van der Waals surface area (Å²) in [6.45, 7) is 2.32. The molecule has 0 saturated carbocycles. The average Bonchev–Trinajstić information content (AvgIpc) is 2.56. The Morgan fingerprint density at radius 3 is 2.62 bits per heavy atom. The molecule has 0 saturated heterocycles. The second-order valence-corrected chi connectivity index (χ2v) is 7.17. The van der Waals surface area contributed by atoms with E-state index in [4.69, 9.17) is 27.9 Å². The van der Waals surface area contributed by atoms with E-state index in [1.807, 2.05) is 24.3 Å². The zero-order chi connectivity index (χ0) is 17.4. The van der Waals surface area contributed by atoms with Gasteiger partial charge in [0.25, 0.3) is 5.91 Å². The summed E-state index contributed by atoms with van der Waals surface area (Å²) in [6.07, 6.45) is -0.565. The van der Waals surface area contributed by atoms with Crippen molar-refractivity contribution in [1.29, 1.82) is 0 Å². The highest BCUT2D eigenvalue weighted by Crippen LogP contribution is 2.18. The molecule has 0 heterocycles. The summed E-state index contributed by atoms with van der Waals surface area (Å²) in [5, 5.41) is 4.20. The van der Waals surface area contributed by atoms with Crippen LogP contribution in [0.1, 0.15) is 12.5 Å². The molecule has 2 aromatic rings. The van der Waals surface area contributed by atoms with Gasteiger partial charge in [0.05, 0.1) is 0 Å². The van der Waals surface area contributed by atoms with Crippen LogP contribution in [0.2, 0.25) is 10.0 Å². The molecule has 0 radical (unpaired) electrons. The Kier molecular flexibility index (Phi) is 7.76. The summed E-state index contributed by atoms with van der Waals surface area (Å²) >= 11 is 13.5. The van der Waals surface area contributed by atoms with Crippen LogP contribution in [0.15, 0.2) is 48.5 Å². The first kappa shape index (κ1) is 19.0. The molecule has 0 bridgehead atoms. The molecule has 0 aliphatic heterocycles. The quantitative estimate of drug-likeness (QED) is 0.664. The van der Waals surface area contributed by atoms with Gasteiger partial charge in [-0.05, 0) is 42.8 Å². The van der Waals surface area contributed by atoms with Gasteiger partial charge in [0, 0.05) is 28.1 Å². The lowest BCUT2D eigenvalue weighted by Gasteiger charge is -2.14. The number of hydrogen-bond donors (Lipinski definition) is 1. The Balaban J connectivity index is 1.64. The van der Waals surface area contributed by atoms with Crippen molar-refractivity contribution in [2.75, 3.05) is 12.3 Å². The summed E-state index contributed by atoms with van der Waals surface area (Å²) < 4.78 is 5.58. The van der Waals surface area contributed by atoms with Crippen molar-refractivity contribution in [1.82, 2.24) is 5.32 Å². The number of thioether (sulfide) groups is 1. The van der Waals surface area contributed by atoms with Crippen molar-refractivity contribution >= 4 is 40.9 Å². The second kappa shape index (κ2) is 9.82. The molecule has 2 aromatic carbocycles. The molecule has 6 heteroatoms. The molecule has 0 fully saturated rings. The first-order valence-corrected chi connectivity index (χ1v) is 9.48. The third-order valence-corrected chi connectivity index (χ3v) is 4.72. The molecule has 3 nitrogen and oxygen atoms in total. The molecule has 1 atom stereocenters. The molecule has 0 spiro atoms. The van der Waals surface area contributed by atoms with Crippen LogP contribution in [-0.2, 0) is 10.5 Å². The minimum Gasteiger partial charge on any atom is -0.481 e. The minimum absolute atomic E-state index is 0.137. The van der Waals surface area contributed by atoms with Gasteiger partial charge >= 0.3 is 0 Å². The number of halogens is 2. The molecular weight excluding hydrogens is 365 g/mol. The summed E-state index contributed by atoms with van der Waals surface area (Å²) in [6, 6.07) is 14.8. The van der Waals surface area contributed by atoms with Gasteiger partial charge in [-0.15, -0.1) is 0 Å². The van der Waals surface area contributed by atoms with E-state index in [0.717, 1.165) is 16.5 Å². The van der Waals surface area contributed by atoms with Gasteiger partial charge in [0.2, 0.25) is 0 Å². The summed E-state index contributed by atoms with van der Waals surface area (Å²) in [5.41, 5.74) is 1.22. The van der Waals surface area contributed by atoms with Gasteiger partial charge in [-0.3, -0.25) is 4.79 Å². The van der Waals surface area contributed by atoms with Crippen molar-refractivity contribution in [2.45, 2.75) is 18.8 Å². The standard InChI is InChI=1S/C18H19Cl2NO2S/c1-13(23-17-4-2-3-16(20)11-17)18(22)21-9-10-24-12-14-5-7-15(19)8-6-14/h2-8,11,13H,9-10,12H2,1H3,(H,21,22)/t13-/m0/s1. The molecule has 1 N–H and O–H groups in total. The first-order valence-electron chi connectivity index (χ1n) is 7.57. The Labute approximate surface area is 156 Å². The topological polar surface area (TPSA) is 38.3 Å². The predicted octanol–water partition coefficient (Wildman–Crippen LogP) is 4.81. The highest BCUT2D eigenvalue weighted by molar-refractivity contribution is 7.98. The summed E-state index contributed by atoms with van der Waals surface area (Å²) in [4.78, 5) is 12.0. The van der Waals surface area contributed by atoms with E-state index in [9.17, 15) is 4.79 Å². The third kappa shape index (κ3) is 6.63. The maximum atomic E-state index is 12.0. The largest absolute Gasteiger partial charge is 0.481 e. The van der Waals surface area contributed by atoms with Crippen LogP contribution in [-0.4, -0.2) is 24.3 Å². The SMILES string of the molecule is C[C@H](Oc1cccc(Cl)c1)C(=O)NCCSCc1ccc(Cl)cc1. The van der Waals surface area contributed by atoms with Crippen molar-refractivity contribution in [3.8, 4) is 5.75 Å². The normalized spacial score (nSPS) is 11.8. The van der Waals surface area contributed by atoms with Gasteiger partial charge in [0.15, 0.2) is 6.10 Å². The number of benzene rings is 2. The zero-order valence-corrected chi connectivity index (χ0v) is 15.6. The molecule has 0 aliphatic rings. The zero-order valence-electron chi connectivity index (χ0n) is 13.3. The van der Waals surface area contributed by atoms with E-state index in [-0.39, 0.29) is 5.91 Å². The Morgan fingerprint density at radius 1 is 1.17 bits per heavy atom. The van der Waals surface area contributed by atoms with Gasteiger partial charge in [-0.25, -0.2) is 0 Å². The van der Waals surface area contributed by atoms with Crippen LogP contribution >= 0.6 is 35.0 Å². The lowest BCUT2D eigenvalue weighted by molar-refractivity contribution is -0.127. The Bertz CT molecular complexity index is 664. The van der Waals surface area contributed by atoms with E-state index in [1.165, 1.54) is 5.56 Å². The molecular formula is C18H19Cl2NO2S. The van der Waals surface area contributed by atoms with Gasteiger partial charge in [-0.2, -0.15) is 11.8 Å². The Hall–Kier alpha value is -1.36. The van der Waals surface area contributed by atoms with Crippen LogP contribution in [0.3, 0.4) is 0 Å². The van der Waals surface area contributed by atoms with Gasteiger partial charge in [0.1, 0.15) is 5.75 Å². The van der Waals surface area contributed by atoms with Crippen molar-refractivity contribution in [3.63, 3.8) is 0 Å². The van der Waals surface area contributed by atoms with Crippen LogP contribution in [0.25, 0.3) is 0 Å². The fourth-order valence-corrected chi connectivity index (χ4v) is 3.08. The maximum absolute atomic E-state index is 12.0. The number of ether oxygens (including phenoxy) is 1. The first-order chi connectivity index (χ1) is 11.5.